The Morgan fingerprint density at radius 3 is 2.76 bits per heavy atom. The van der Waals surface area contributed by atoms with Crippen LogP contribution in [-0.2, 0) is 15.7 Å². The largest absolute Gasteiger partial charge is 0.451 e. The number of amides is 1. The lowest BCUT2D eigenvalue weighted by molar-refractivity contribution is -0.137. The number of hydrogen-bond donors (Lipinski definition) is 1. The van der Waals surface area contributed by atoms with Crippen LogP contribution in [0, 0.1) is 0 Å². The molecule has 2 aromatic rings. The molecule has 8 heteroatoms. The number of alkyl halides is 3. The van der Waals surface area contributed by atoms with E-state index in [1.54, 1.807) is 0 Å². The Labute approximate surface area is 141 Å². The Balaban J connectivity index is 1.66. The van der Waals surface area contributed by atoms with Gasteiger partial charge in [-0.05, 0) is 24.3 Å². The molecule has 25 heavy (non-hydrogen) atoms. The lowest BCUT2D eigenvalue weighted by Crippen LogP contribution is -2.39. The minimum absolute atomic E-state index is 0.0177. The summed E-state index contributed by atoms with van der Waals surface area (Å²) in [6.45, 7) is 1.66. The zero-order valence-corrected chi connectivity index (χ0v) is 13.1. The smallest absolute Gasteiger partial charge is 0.416 e. The maximum Gasteiger partial charge on any atom is 0.416 e. The van der Waals surface area contributed by atoms with Crippen molar-refractivity contribution in [3.8, 4) is 11.3 Å². The molecule has 1 unspecified atom stereocenters. The van der Waals surface area contributed by atoms with Crippen LogP contribution in [0.5, 0.6) is 0 Å². The highest BCUT2D eigenvalue weighted by Crippen LogP contribution is 2.32. The van der Waals surface area contributed by atoms with Crippen LogP contribution in [0.4, 0.5) is 13.2 Å². The van der Waals surface area contributed by atoms with E-state index in [2.05, 4.69) is 5.32 Å². The SMILES string of the molecule is O=C(NCC1COCCO1)c1ccc(-c2cccc(C(F)(F)F)c2)o1. The Kier molecular flexibility index (Phi) is 5.10. The second-order valence-electron chi connectivity index (χ2n) is 5.52. The molecular weight excluding hydrogens is 339 g/mol. The van der Waals surface area contributed by atoms with E-state index < -0.39 is 17.6 Å². The van der Waals surface area contributed by atoms with Gasteiger partial charge in [0, 0.05) is 12.1 Å². The third-order valence-corrected chi connectivity index (χ3v) is 3.68. The molecule has 2 heterocycles. The molecule has 0 saturated carbocycles. The van der Waals surface area contributed by atoms with E-state index in [1.807, 2.05) is 0 Å². The van der Waals surface area contributed by atoms with E-state index in [0.717, 1.165) is 12.1 Å². The van der Waals surface area contributed by atoms with Crippen molar-refractivity contribution in [3.05, 3.63) is 47.7 Å². The molecule has 1 N–H and O–H groups in total. The molecule has 1 fully saturated rings. The standard InChI is InChI=1S/C17H16F3NO4/c18-17(19,20)12-3-1-2-11(8-12)14-4-5-15(25-14)16(22)21-9-13-10-23-6-7-24-13/h1-5,8,13H,6-7,9-10H2,(H,21,22). The molecule has 1 saturated heterocycles. The number of halogens is 3. The van der Waals surface area contributed by atoms with Crippen molar-refractivity contribution in [2.75, 3.05) is 26.4 Å². The number of furan rings is 1. The molecule has 1 aromatic heterocycles. The predicted molar refractivity (Wildman–Crippen MR) is 82.0 cm³/mol. The van der Waals surface area contributed by atoms with Crippen LogP contribution in [0.3, 0.4) is 0 Å². The first-order chi connectivity index (χ1) is 11.9. The minimum atomic E-state index is -4.44. The fourth-order valence-corrected chi connectivity index (χ4v) is 2.41. The minimum Gasteiger partial charge on any atom is -0.451 e. The van der Waals surface area contributed by atoms with Gasteiger partial charge in [0.2, 0.25) is 0 Å². The van der Waals surface area contributed by atoms with Crippen LogP contribution in [0.2, 0.25) is 0 Å². The molecule has 1 atom stereocenters. The summed E-state index contributed by atoms with van der Waals surface area (Å²) >= 11 is 0. The van der Waals surface area contributed by atoms with E-state index >= 15 is 0 Å². The molecule has 0 spiro atoms. The number of benzene rings is 1. The maximum atomic E-state index is 12.8. The third kappa shape index (κ3) is 4.40. The number of carbonyl (C=O) groups is 1. The molecule has 1 aromatic carbocycles. The zero-order valence-electron chi connectivity index (χ0n) is 13.1. The van der Waals surface area contributed by atoms with Crippen molar-refractivity contribution in [1.82, 2.24) is 5.32 Å². The molecule has 1 aliphatic heterocycles. The number of rotatable bonds is 4. The maximum absolute atomic E-state index is 12.8. The number of carbonyl (C=O) groups excluding carboxylic acids is 1. The van der Waals surface area contributed by atoms with Crippen LogP contribution in [-0.4, -0.2) is 38.4 Å². The van der Waals surface area contributed by atoms with E-state index in [0.29, 0.717) is 19.8 Å². The second kappa shape index (κ2) is 7.28. The predicted octanol–water partition coefficient (Wildman–Crippen LogP) is 3.11. The quantitative estimate of drug-likeness (QED) is 0.916. The van der Waals surface area contributed by atoms with Crippen LogP contribution in [0.15, 0.2) is 40.8 Å². The Bertz CT molecular complexity index is 735. The van der Waals surface area contributed by atoms with Crippen LogP contribution < -0.4 is 5.32 Å². The molecule has 3 rings (SSSR count). The molecule has 1 amide bonds. The van der Waals surface area contributed by atoms with Crippen molar-refractivity contribution in [3.63, 3.8) is 0 Å². The van der Waals surface area contributed by atoms with Crippen LogP contribution in [0.25, 0.3) is 11.3 Å². The summed E-state index contributed by atoms with van der Waals surface area (Å²) in [4.78, 5) is 12.1. The average Bonchev–Trinajstić information content (AvgIpc) is 3.10. The molecule has 0 radical (unpaired) electrons. The molecule has 134 valence electrons. The summed E-state index contributed by atoms with van der Waals surface area (Å²) in [5.41, 5.74) is -0.528. The van der Waals surface area contributed by atoms with Gasteiger partial charge < -0.3 is 19.2 Å². The first-order valence-corrected chi connectivity index (χ1v) is 7.68. The van der Waals surface area contributed by atoms with Gasteiger partial charge in [0.25, 0.3) is 5.91 Å². The Morgan fingerprint density at radius 2 is 2.04 bits per heavy atom. The van der Waals surface area contributed by atoms with Crippen LogP contribution >= 0.6 is 0 Å². The molecule has 0 bridgehead atoms. The Hall–Kier alpha value is -2.32. The van der Waals surface area contributed by atoms with Gasteiger partial charge in [0.15, 0.2) is 5.76 Å². The summed E-state index contributed by atoms with van der Waals surface area (Å²) in [6.07, 6.45) is -4.67. The van der Waals surface area contributed by atoms with E-state index in [9.17, 15) is 18.0 Å². The summed E-state index contributed by atoms with van der Waals surface area (Å²) < 4.78 is 54.4. The van der Waals surface area contributed by atoms with Gasteiger partial charge in [-0.2, -0.15) is 13.2 Å². The first-order valence-electron chi connectivity index (χ1n) is 7.68. The van der Waals surface area contributed by atoms with Crippen molar-refractivity contribution in [2.45, 2.75) is 12.3 Å². The highest BCUT2D eigenvalue weighted by Gasteiger charge is 2.30. The van der Waals surface area contributed by atoms with Gasteiger partial charge in [-0.1, -0.05) is 12.1 Å². The summed E-state index contributed by atoms with van der Waals surface area (Å²) in [5.74, 6) is -0.259. The van der Waals surface area contributed by atoms with Gasteiger partial charge in [-0.25, -0.2) is 0 Å². The fourth-order valence-electron chi connectivity index (χ4n) is 2.41. The van der Waals surface area contributed by atoms with E-state index in [4.69, 9.17) is 13.9 Å². The molecule has 0 aliphatic carbocycles. The van der Waals surface area contributed by atoms with Crippen molar-refractivity contribution >= 4 is 5.91 Å². The lowest BCUT2D eigenvalue weighted by atomic mass is 10.1. The molecule has 5 nitrogen and oxygen atoms in total. The lowest BCUT2D eigenvalue weighted by Gasteiger charge is -2.22. The van der Waals surface area contributed by atoms with Crippen molar-refractivity contribution in [1.29, 1.82) is 0 Å². The summed E-state index contributed by atoms with van der Waals surface area (Å²) in [7, 11) is 0. The number of hydrogen-bond acceptors (Lipinski definition) is 4. The highest BCUT2D eigenvalue weighted by molar-refractivity contribution is 5.92. The van der Waals surface area contributed by atoms with Gasteiger partial charge in [-0.3, -0.25) is 4.79 Å². The normalized spacial score (nSPS) is 18.1. The summed E-state index contributed by atoms with van der Waals surface area (Å²) in [5, 5.41) is 2.65. The van der Waals surface area contributed by atoms with Crippen molar-refractivity contribution < 1.29 is 31.9 Å². The van der Waals surface area contributed by atoms with Gasteiger partial charge in [-0.15, -0.1) is 0 Å². The van der Waals surface area contributed by atoms with Crippen molar-refractivity contribution in [2.24, 2.45) is 0 Å². The van der Waals surface area contributed by atoms with E-state index in [-0.39, 0.29) is 29.7 Å². The highest BCUT2D eigenvalue weighted by atomic mass is 19.4. The van der Waals surface area contributed by atoms with Gasteiger partial charge in [0.05, 0.1) is 31.5 Å². The monoisotopic (exact) mass is 355 g/mol. The van der Waals surface area contributed by atoms with Gasteiger partial charge in [0.1, 0.15) is 5.76 Å². The van der Waals surface area contributed by atoms with Gasteiger partial charge >= 0.3 is 6.18 Å². The topological polar surface area (TPSA) is 60.7 Å². The summed E-state index contributed by atoms with van der Waals surface area (Å²) in [6, 6.07) is 7.62. The molecular formula is C17H16F3NO4. The average molecular weight is 355 g/mol. The second-order valence-corrected chi connectivity index (χ2v) is 5.52. The fraction of sp³-hybridized carbons (Fsp3) is 0.353. The van der Waals surface area contributed by atoms with E-state index in [1.165, 1.54) is 24.3 Å². The molecule has 1 aliphatic rings. The van der Waals surface area contributed by atoms with Crippen LogP contribution in [0.1, 0.15) is 16.1 Å². The number of ether oxygens (including phenoxy) is 2. The third-order valence-electron chi connectivity index (χ3n) is 3.68. The first kappa shape index (κ1) is 17.5. The number of nitrogens with one attached hydrogen (secondary N) is 1. The zero-order chi connectivity index (χ0) is 17.9. The Morgan fingerprint density at radius 1 is 1.20 bits per heavy atom.